The molecule has 1 nitrogen and oxygen atoms in total. The van der Waals surface area contributed by atoms with Gasteiger partial charge in [0, 0.05) is 21.0 Å². The Morgan fingerprint density at radius 3 is 2.04 bits per heavy atom. The molecule has 0 unspecified atom stereocenters. The van der Waals surface area contributed by atoms with Crippen molar-refractivity contribution in [1.29, 1.82) is 0 Å². The minimum Gasteiger partial charge on any atom is -0.256 e. The third kappa shape index (κ3) is 5.23. The largest absolute Gasteiger partial charge is 0.256 e. The molecule has 0 aliphatic heterocycles. The molecule has 0 bridgehead atoms. The van der Waals surface area contributed by atoms with Crippen LogP contribution in [0.15, 0.2) is 87.6 Å². The summed E-state index contributed by atoms with van der Waals surface area (Å²) < 4.78 is 0. The molecule has 132 valence electrons. The van der Waals surface area contributed by atoms with E-state index < -0.39 is 0 Å². The molecular weight excluding hydrogens is 358 g/mol. The molecule has 0 aliphatic carbocycles. The summed E-state index contributed by atoms with van der Waals surface area (Å²) in [6, 6.07) is 24.8. The first kappa shape index (κ1) is 18.8. The Balaban J connectivity index is 1.63. The summed E-state index contributed by atoms with van der Waals surface area (Å²) in [5.41, 5.74) is 3.45. The van der Waals surface area contributed by atoms with Crippen LogP contribution in [0.5, 0.6) is 0 Å². The SMILES string of the molecule is CC[C@@H](C)c1ccc(N=Cc2ccc(Sc3ccc(Cl)cc3)cc2)cc1. The van der Waals surface area contributed by atoms with Crippen molar-refractivity contribution in [3.63, 3.8) is 0 Å². The van der Waals surface area contributed by atoms with Gasteiger partial charge in [-0.1, -0.05) is 61.5 Å². The Hall–Kier alpha value is -2.03. The highest BCUT2D eigenvalue weighted by Crippen LogP contribution is 2.28. The van der Waals surface area contributed by atoms with E-state index in [0.29, 0.717) is 5.92 Å². The molecule has 0 radical (unpaired) electrons. The summed E-state index contributed by atoms with van der Waals surface area (Å²) in [5, 5.41) is 0.762. The number of nitrogens with zero attached hydrogens (tertiary/aromatic N) is 1. The first-order valence-corrected chi connectivity index (χ1v) is 10.0. The first-order chi connectivity index (χ1) is 12.6. The monoisotopic (exact) mass is 379 g/mol. The Labute approximate surface area is 165 Å². The maximum absolute atomic E-state index is 5.93. The van der Waals surface area contributed by atoms with E-state index in [0.717, 1.165) is 22.7 Å². The molecule has 0 aromatic heterocycles. The third-order valence-corrected chi connectivity index (χ3v) is 5.63. The second kappa shape index (κ2) is 9.07. The van der Waals surface area contributed by atoms with E-state index in [1.807, 2.05) is 30.5 Å². The number of hydrogen-bond acceptors (Lipinski definition) is 2. The van der Waals surface area contributed by atoms with Crippen LogP contribution in [0.4, 0.5) is 5.69 Å². The van der Waals surface area contributed by atoms with E-state index in [2.05, 4.69) is 67.4 Å². The van der Waals surface area contributed by atoms with E-state index in [4.69, 9.17) is 11.6 Å². The molecule has 0 fully saturated rings. The Kier molecular flexibility index (Phi) is 6.54. The Morgan fingerprint density at radius 2 is 1.46 bits per heavy atom. The van der Waals surface area contributed by atoms with E-state index in [1.54, 1.807) is 11.8 Å². The van der Waals surface area contributed by atoms with Gasteiger partial charge in [-0.05, 0) is 72.0 Å². The van der Waals surface area contributed by atoms with E-state index in [-0.39, 0.29) is 0 Å². The van der Waals surface area contributed by atoms with E-state index >= 15 is 0 Å². The first-order valence-electron chi connectivity index (χ1n) is 8.81. The Bertz CT molecular complexity index is 852. The van der Waals surface area contributed by atoms with Crippen LogP contribution in [0.3, 0.4) is 0 Å². The van der Waals surface area contributed by atoms with Crippen LogP contribution in [0.1, 0.15) is 37.3 Å². The van der Waals surface area contributed by atoms with Gasteiger partial charge in [-0.2, -0.15) is 0 Å². The fourth-order valence-electron chi connectivity index (χ4n) is 2.53. The molecule has 0 spiro atoms. The highest BCUT2D eigenvalue weighted by molar-refractivity contribution is 7.99. The summed E-state index contributed by atoms with van der Waals surface area (Å²) in [6.07, 6.45) is 3.07. The average Bonchev–Trinajstić information content (AvgIpc) is 2.69. The van der Waals surface area contributed by atoms with Crippen LogP contribution in [-0.2, 0) is 0 Å². The zero-order valence-corrected chi connectivity index (χ0v) is 16.6. The minimum atomic E-state index is 0.596. The third-order valence-electron chi connectivity index (χ3n) is 4.37. The predicted octanol–water partition coefficient (Wildman–Crippen LogP) is 7.76. The molecule has 0 amide bonds. The van der Waals surface area contributed by atoms with Crippen LogP contribution in [0, 0.1) is 0 Å². The smallest absolute Gasteiger partial charge is 0.0630 e. The lowest BCUT2D eigenvalue weighted by Gasteiger charge is -2.08. The minimum absolute atomic E-state index is 0.596. The molecule has 0 saturated heterocycles. The number of hydrogen-bond donors (Lipinski definition) is 0. The Morgan fingerprint density at radius 1 is 0.885 bits per heavy atom. The summed E-state index contributed by atoms with van der Waals surface area (Å²) >= 11 is 7.65. The van der Waals surface area contributed by atoms with Crippen LogP contribution >= 0.6 is 23.4 Å². The molecule has 0 saturated carbocycles. The van der Waals surface area contributed by atoms with Gasteiger partial charge in [-0.3, -0.25) is 4.99 Å². The van der Waals surface area contributed by atoms with Crippen molar-refractivity contribution >= 4 is 35.3 Å². The second-order valence-corrected chi connectivity index (χ2v) is 7.87. The van der Waals surface area contributed by atoms with Gasteiger partial charge in [-0.15, -0.1) is 0 Å². The maximum atomic E-state index is 5.93. The quantitative estimate of drug-likeness (QED) is 0.398. The molecule has 3 rings (SSSR count). The van der Waals surface area contributed by atoms with Gasteiger partial charge in [0.15, 0.2) is 0 Å². The summed E-state index contributed by atoms with van der Waals surface area (Å²) in [4.78, 5) is 6.95. The lowest BCUT2D eigenvalue weighted by molar-refractivity contribution is 0.734. The fourth-order valence-corrected chi connectivity index (χ4v) is 3.48. The normalized spacial score (nSPS) is 12.4. The van der Waals surface area contributed by atoms with Crippen molar-refractivity contribution in [2.24, 2.45) is 4.99 Å². The average molecular weight is 380 g/mol. The maximum Gasteiger partial charge on any atom is 0.0630 e. The highest BCUT2D eigenvalue weighted by Gasteiger charge is 2.02. The molecule has 0 heterocycles. The van der Waals surface area contributed by atoms with E-state index in [9.17, 15) is 0 Å². The molecule has 3 heteroatoms. The zero-order valence-electron chi connectivity index (χ0n) is 15.0. The second-order valence-electron chi connectivity index (χ2n) is 6.28. The van der Waals surface area contributed by atoms with Crippen molar-refractivity contribution in [3.05, 3.63) is 88.9 Å². The van der Waals surface area contributed by atoms with Crippen molar-refractivity contribution in [3.8, 4) is 0 Å². The van der Waals surface area contributed by atoms with Gasteiger partial charge in [0.05, 0.1) is 5.69 Å². The van der Waals surface area contributed by atoms with Crippen LogP contribution in [0.2, 0.25) is 5.02 Å². The molecule has 3 aromatic rings. The molecule has 0 N–H and O–H groups in total. The number of rotatable bonds is 6. The zero-order chi connectivity index (χ0) is 18.4. The van der Waals surface area contributed by atoms with Gasteiger partial charge in [0.1, 0.15) is 0 Å². The highest BCUT2D eigenvalue weighted by atomic mass is 35.5. The van der Waals surface area contributed by atoms with Crippen LogP contribution in [0.25, 0.3) is 0 Å². The van der Waals surface area contributed by atoms with Crippen LogP contribution in [-0.4, -0.2) is 6.21 Å². The lowest BCUT2D eigenvalue weighted by Crippen LogP contribution is -1.89. The van der Waals surface area contributed by atoms with Gasteiger partial charge in [-0.25, -0.2) is 0 Å². The summed E-state index contributed by atoms with van der Waals surface area (Å²) in [7, 11) is 0. The van der Waals surface area contributed by atoms with Crippen molar-refractivity contribution < 1.29 is 0 Å². The van der Waals surface area contributed by atoms with Gasteiger partial charge in [0.2, 0.25) is 0 Å². The molecule has 26 heavy (non-hydrogen) atoms. The van der Waals surface area contributed by atoms with Crippen molar-refractivity contribution in [2.45, 2.75) is 36.0 Å². The van der Waals surface area contributed by atoms with Gasteiger partial charge in [0.25, 0.3) is 0 Å². The lowest BCUT2D eigenvalue weighted by atomic mass is 9.99. The van der Waals surface area contributed by atoms with Crippen LogP contribution < -0.4 is 0 Å². The summed E-state index contributed by atoms with van der Waals surface area (Å²) in [6.45, 7) is 4.47. The number of halogens is 1. The number of benzene rings is 3. The molecule has 0 aliphatic rings. The molecular formula is C23H22ClNS. The van der Waals surface area contributed by atoms with E-state index in [1.165, 1.54) is 15.4 Å². The number of aliphatic imine (C=N–C) groups is 1. The standard InChI is InChI=1S/C23H22ClNS/c1-3-17(2)19-6-10-21(11-7-19)25-16-18-4-12-22(13-5-18)26-23-14-8-20(24)9-15-23/h4-17H,3H2,1-2H3/t17-/m1/s1. The van der Waals surface area contributed by atoms with Gasteiger partial charge < -0.3 is 0 Å². The predicted molar refractivity (Wildman–Crippen MR) is 114 cm³/mol. The van der Waals surface area contributed by atoms with Crippen molar-refractivity contribution in [1.82, 2.24) is 0 Å². The van der Waals surface area contributed by atoms with Gasteiger partial charge >= 0.3 is 0 Å². The molecule has 1 atom stereocenters. The summed E-state index contributed by atoms with van der Waals surface area (Å²) in [5.74, 6) is 0.596. The van der Waals surface area contributed by atoms with Crippen molar-refractivity contribution in [2.75, 3.05) is 0 Å². The molecule has 3 aromatic carbocycles. The topological polar surface area (TPSA) is 12.4 Å². The fraction of sp³-hybridized carbons (Fsp3) is 0.174.